The summed E-state index contributed by atoms with van der Waals surface area (Å²) < 4.78 is 16.4. The number of aryl methyl sites for hydroxylation is 1. The van der Waals surface area contributed by atoms with Crippen LogP contribution in [0.15, 0.2) is 69.6 Å². The van der Waals surface area contributed by atoms with Crippen LogP contribution in [0.5, 0.6) is 17.2 Å². The molecule has 0 aliphatic heterocycles. The van der Waals surface area contributed by atoms with E-state index in [1.807, 2.05) is 37.3 Å². The minimum absolute atomic E-state index is 0.0134. The van der Waals surface area contributed by atoms with E-state index in [0.717, 1.165) is 16.7 Å². The van der Waals surface area contributed by atoms with Crippen LogP contribution in [0.1, 0.15) is 22.8 Å². The molecule has 0 fully saturated rings. The monoisotopic (exact) mass is 486 g/mol. The van der Waals surface area contributed by atoms with Crippen molar-refractivity contribution in [2.24, 2.45) is 10.2 Å². The average molecular weight is 487 g/mol. The van der Waals surface area contributed by atoms with Gasteiger partial charge in [0.2, 0.25) is 5.75 Å². The van der Waals surface area contributed by atoms with Crippen LogP contribution in [0, 0.1) is 6.92 Å². The maximum atomic E-state index is 12.6. The van der Waals surface area contributed by atoms with E-state index in [0.29, 0.717) is 39.8 Å². The molecule has 0 spiro atoms. The molecule has 0 bridgehead atoms. The molecule has 0 radical (unpaired) electrons. The van der Waals surface area contributed by atoms with Gasteiger partial charge in [-0.15, -0.1) is 5.11 Å². The van der Waals surface area contributed by atoms with Gasteiger partial charge < -0.3 is 14.2 Å². The molecule has 0 aliphatic carbocycles. The van der Waals surface area contributed by atoms with E-state index in [2.05, 4.69) is 20.4 Å². The molecule has 36 heavy (non-hydrogen) atoms. The number of benzene rings is 3. The number of rotatable bonds is 8. The highest BCUT2D eigenvalue weighted by Crippen LogP contribution is 2.45. The number of carbonyl (C=O) groups excluding carboxylic acids is 1. The first-order chi connectivity index (χ1) is 17.4. The first kappa shape index (κ1) is 24.5. The summed E-state index contributed by atoms with van der Waals surface area (Å²) in [5.74, 6) is 1.28. The van der Waals surface area contributed by atoms with Gasteiger partial charge in [-0.05, 0) is 54.8 Å². The minimum Gasteiger partial charge on any atom is -0.493 e. The molecule has 0 unspecified atom stereocenters. The minimum atomic E-state index is -0.433. The summed E-state index contributed by atoms with van der Waals surface area (Å²) in [6.45, 7) is 3.53. The van der Waals surface area contributed by atoms with Gasteiger partial charge in [0.05, 0.1) is 32.7 Å². The number of Topliss-reactive ketones (excluding diaryl/α,β-unsaturated/α-hetero) is 1. The molecule has 9 heteroatoms. The number of hydrogen-bond donors (Lipinski definition) is 2. The highest BCUT2D eigenvalue weighted by molar-refractivity contribution is 5.94. The van der Waals surface area contributed by atoms with Crippen LogP contribution in [-0.2, 0) is 0 Å². The number of nitrogens with one attached hydrogen (secondary N) is 2. The number of methoxy groups -OCH3 is 3. The molecule has 0 amide bonds. The number of hydrogen-bond acceptors (Lipinski definition) is 7. The lowest BCUT2D eigenvalue weighted by atomic mass is 9.98. The highest BCUT2D eigenvalue weighted by Gasteiger charge is 2.21. The Morgan fingerprint density at radius 3 is 2.17 bits per heavy atom. The molecule has 0 saturated carbocycles. The van der Waals surface area contributed by atoms with Crippen LogP contribution in [-0.4, -0.2) is 37.3 Å². The van der Waals surface area contributed by atoms with E-state index < -0.39 is 5.56 Å². The van der Waals surface area contributed by atoms with Crippen LogP contribution in [0.2, 0.25) is 0 Å². The van der Waals surface area contributed by atoms with Gasteiger partial charge in [0.1, 0.15) is 0 Å². The molecule has 1 aromatic heterocycles. The van der Waals surface area contributed by atoms with E-state index in [4.69, 9.17) is 14.2 Å². The van der Waals surface area contributed by atoms with Gasteiger partial charge in [-0.25, -0.2) is 0 Å². The number of ether oxygens (including phenoxy) is 3. The largest absolute Gasteiger partial charge is 0.493 e. The molecule has 0 aliphatic rings. The van der Waals surface area contributed by atoms with Crippen molar-refractivity contribution in [2.45, 2.75) is 13.8 Å². The van der Waals surface area contributed by atoms with Gasteiger partial charge in [0.15, 0.2) is 23.0 Å². The summed E-state index contributed by atoms with van der Waals surface area (Å²) in [4.78, 5) is 24.2. The molecular formula is C27H26N4O5. The van der Waals surface area contributed by atoms with Crippen LogP contribution >= 0.6 is 0 Å². The van der Waals surface area contributed by atoms with Gasteiger partial charge in [0.25, 0.3) is 5.56 Å². The number of nitrogens with zero attached hydrogens (tertiary/aromatic N) is 2. The summed E-state index contributed by atoms with van der Waals surface area (Å²) in [7, 11) is 4.54. The van der Waals surface area contributed by atoms with Crippen molar-refractivity contribution in [2.75, 3.05) is 21.3 Å². The van der Waals surface area contributed by atoms with Gasteiger partial charge in [0, 0.05) is 11.1 Å². The molecule has 0 saturated heterocycles. The third-order valence-electron chi connectivity index (χ3n) is 5.82. The maximum Gasteiger partial charge on any atom is 0.292 e. The molecule has 184 valence electrons. The van der Waals surface area contributed by atoms with Crippen molar-refractivity contribution in [3.8, 4) is 39.6 Å². The number of carbonyl (C=O) groups is 1. The number of aromatic nitrogens is 2. The van der Waals surface area contributed by atoms with E-state index in [9.17, 15) is 9.59 Å². The van der Waals surface area contributed by atoms with Gasteiger partial charge in [-0.1, -0.05) is 30.3 Å². The standard InChI is InChI=1S/C27H26N4O5/c1-15-6-11-19(14-21(15)18-9-7-17(8-10-18)16(2)32)28-30-24-23(29-31-27(24)33)20-12-13-22(34-3)26(36-5)25(20)35-4/h6-14H,1-5H3,(H2,29,31,33). The van der Waals surface area contributed by atoms with E-state index in [1.54, 1.807) is 24.3 Å². The smallest absolute Gasteiger partial charge is 0.292 e. The molecule has 4 rings (SSSR count). The van der Waals surface area contributed by atoms with Crippen molar-refractivity contribution < 1.29 is 19.0 Å². The predicted octanol–water partition coefficient (Wildman–Crippen LogP) is 5.99. The Kier molecular flexibility index (Phi) is 7.00. The van der Waals surface area contributed by atoms with Crippen LogP contribution in [0.3, 0.4) is 0 Å². The summed E-state index contributed by atoms with van der Waals surface area (Å²) in [6.07, 6.45) is 0. The maximum absolute atomic E-state index is 12.6. The van der Waals surface area contributed by atoms with Crippen LogP contribution in [0.25, 0.3) is 22.4 Å². The third kappa shape index (κ3) is 4.63. The molecule has 3 aromatic carbocycles. The fraction of sp³-hybridized carbons (Fsp3) is 0.185. The molecule has 2 N–H and O–H groups in total. The fourth-order valence-electron chi connectivity index (χ4n) is 3.92. The van der Waals surface area contributed by atoms with Crippen LogP contribution in [0.4, 0.5) is 11.4 Å². The van der Waals surface area contributed by atoms with Gasteiger partial charge in [-0.2, -0.15) is 5.11 Å². The zero-order valence-electron chi connectivity index (χ0n) is 20.6. The van der Waals surface area contributed by atoms with Gasteiger partial charge >= 0.3 is 0 Å². The number of aromatic amines is 2. The Bertz CT molecular complexity index is 1500. The Morgan fingerprint density at radius 2 is 1.53 bits per heavy atom. The van der Waals surface area contributed by atoms with Crippen LogP contribution < -0.4 is 19.8 Å². The van der Waals surface area contributed by atoms with E-state index in [-0.39, 0.29) is 11.5 Å². The van der Waals surface area contributed by atoms with Crippen molar-refractivity contribution >= 4 is 17.2 Å². The number of azo groups is 1. The lowest BCUT2D eigenvalue weighted by Gasteiger charge is -2.15. The Morgan fingerprint density at radius 1 is 0.806 bits per heavy atom. The van der Waals surface area contributed by atoms with Crippen molar-refractivity contribution in [3.63, 3.8) is 0 Å². The Hall–Kier alpha value is -4.66. The second-order valence-corrected chi connectivity index (χ2v) is 8.02. The lowest BCUT2D eigenvalue weighted by molar-refractivity contribution is 0.101. The summed E-state index contributed by atoms with van der Waals surface area (Å²) in [5.41, 5.74) is 4.77. The molecule has 0 atom stereocenters. The quantitative estimate of drug-likeness (QED) is 0.234. The average Bonchev–Trinajstić information content (AvgIpc) is 3.26. The summed E-state index contributed by atoms with van der Waals surface area (Å²) >= 11 is 0. The normalized spacial score (nSPS) is 11.0. The van der Waals surface area contributed by atoms with Crippen molar-refractivity contribution in [3.05, 3.63) is 76.1 Å². The number of ketones is 1. The first-order valence-electron chi connectivity index (χ1n) is 11.1. The van der Waals surface area contributed by atoms with Gasteiger partial charge in [-0.3, -0.25) is 19.8 Å². The van der Waals surface area contributed by atoms with Crippen molar-refractivity contribution in [1.82, 2.24) is 10.2 Å². The Balaban J connectivity index is 1.73. The third-order valence-corrected chi connectivity index (χ3v) is 5.82. The Labute approximate surface area is 207 Å². The fourth-order valence-corrected chi connectivity index (χ4v) is 3.92. The summed E-state index contributed by atoms with van der Waals surface area (Å²) in [6, 6.07) is 16.5. The second kappa shape index (κ2) is 10.3. The zero-order chi connectivity index (χ0) is 25.8. The number of H-pyrrole nitrogens is 2. The highest BCUT2D eigenvalue weighted by atomic mass is 16.5. The lowest BCUT2D eigenvalue weighted by Crippen LogP contribution is -1.98. The predicted molar refractivity (Wildman–Crippen MR) is 137 cm³/mol. The zero-order valence-corrected chi connectivity index (χ0v) is 20.6. The first-order valence-corrected chi connectivity index (χ1v) is 11.1. The summed E-state index contributed by atoms with van der Waals surface area (Å²) in [5, 5.41) is 14.0. The molecule has 4 aromatic rings. The topological polar surface area (TPSA) is 118 Å². The molecule has 1 heterocycles. The second-order valence-electron chi connectivity index (χ2n) is 8.02. The molecular weight excluding hydrogens is 460 g/mol. The van der Waals surface area contributed by atoms with Crippen molar-refractivity contribution in [1.29, 1.82) is 0 Å². The van der Waals surface area contributed by atoms with E-state index >= 15 is 0 Å². The SMILES string of the molecule is COc1ccc(-c2[nH][nH]c(=O)c2N=Nc2ccc(C)c(-c3ccc(C(C)=O)cc3)c2)c(OC)c1OC. The molecule has 9 nitrogen and oxygen atoms in total. The van der Waals surface area contributed by atoms with E-state index in [1.165, 1.54) is 28.3 Å².